The molecule has 1 N–H and O–H groups in total. The maximum atomic E-state index is 12.4. The van der Waals surface area contributed by atoms with Gasteiger partial charge in [0, 0.05) is 38.3 Å². The molecule has 0 bridgehead atoms. The first-order chi connectivity index (χ1) is 10.6. The molecule has 0 unspecified atom stereocenters. The summed E-state index contributed by atoms with van der Waals surface area (Å²) in [6, 6.07) is 5.38. The van der Waals surface area contributed by atoms with E-state index < -0.39 is 0 Å². The van der Waals surface area contributed by atoms with Crippen molar-refractivity contribution in [1.29, 1.82) is 0 Å². The molecule has 2 aliphatic heterocycles. The van der Waals surface area contributed by atoms with Crippen LogP contribution in [-0.4, -0.2) is 77.9 Å². The van der Waals surface area contributed by atoms with E-state index >= 15 is 0 Å². The van der Waals surface area contributed by atoms with E-state index in [4.69, 9.17) is 0 Å². The maximum Gasteiger partial charge on any atom is 0.270 e. The van der Waals surface area contributed by atoms with Gasteiger partial charge >= 0.3 is 0 Å². The van der Waals surface area contributed by atoms with Crippen LogP contribution in [0.3, 0.4) is 0 Å². The number of piperidine rings is 1. The lowest BCUT2D eigenvalue weighted by atomic mass is 10.0. The number of nitrogens with one attached hydrogen (secondary N) is 1. The fraction of sp³-hybridized carbons (Fsp3) is 0.625. The van der Waals surface area contributed by atoms with Gasteiger partial charge in [-0.25, -0.2) is 0 Å². The Balaban J connectivity index is 1.55. The van der Waals surface area contributed by atoms with Crippen molar-refractivity contribution in [2.24, 2.45) is 0 Å². The predicted octanol–water partition coefficient (Wildman–Crippen LogP) is 0.227. The molecule has 1 aromatic rings. The number of amides is 1. The molecule has 2 aliphatic rings. The van der Waals surface area contributed by atoms with Crippen LogP contribution in [0.5, 0.6) is 0 Å². The molecule has 0 aliphatic carbocycles. The van der Waals surface area contributed by atoms with Crippen LogP contribution in [0, 0.1) is 0 Å². The van der Waals surface area contributed by atoms with Crippen LogP contribution in [0.25, 0.3) is 0 Å². The monoisotopic (exact) mass is 304 g/mol. The molecule has 2 fully saturated rings. The smallest absolute Gasteiger partial charge is 0.270 e. The molecule has 6 heteroatoms. The number of aromatic amines is 1. The van der Waals surface area contributed by atoms with Crippen molar-refractivity contribution in [3.8, 4) is 0 Å². The summed E-state index contributed by atoms with van der Waals surface area (Å²) in [5.41, 5.74) is 0.163. The van der Waals surface area contributed by atoms with E-state index in [1.807, 2.05) is 4.90 Å². The second-order valence-corrected chi connectivity index (χ2v) is 6.29. The summed E-state index contributed by atoms with van der Waals surface area (Å²) in [5, 5.41) is 0. The molecule has 0 saturated carbocycles. The van der Waals surface area contributed by atoms with Gasteiger partial charge in [0.1, 0.15) is 5.69 Å². The molecule has 22 heavy (non-hydrogen) atoms. The summed E-state index contributed by atoms with van der Waals surface area (Å²) in [4.78, 5) is 33.1. The van der Waals surface area contributed by atoms with Crippen molar-refractivity contribution >= 4 is 5.91 Å². The van der Waals surface area contributed by atoms with Crippen molar-refractivity contribution < 1.29 is 4.79 Å². The third kappa shape index (κ3) is 3.39. The number of rotatable bonds is 2. The van der Waals surface area contributed by atoms with Crippen LogP contribution in [0.1, 0.15) is 23.3 Å². The molecule has 0 radical (unpaired) electrons. The number of piperazine rings is 1. The number of carbonyl (C=O) groups is 1. The number of hydrogen-bond donors (Lipinski definition) is 1. The Bertz CT molecular complexity index is 570. The molecule has 6 nitrogen and oxygen atoms in total. The Labute approximate surface area is 130 Å². The van der Waals surface area contributed by atoms with Crippen LogP contribution in [0.15, 0.2) is 23.0 Å². The molecule has 2 saturated heterocycles. The number of H-pyrrole nitrogens is 1. The molecule has 3 heterocycles. The van der Waals surface area contributed by atoms with Gasteiger partial charge in [0.15, 0.2) is 0 Å². The summed E-state index contributed by atoms with van der Waals surface area (Å²) in [5.74, 6) is -0.0688. The van der Waals surface area contributed by atoms with E-state index in [2.05, 4.69) is 21.8 Å². The summed E-state index contributed by atoms with van der Waals surface area (Å²) in [6.45, 7) is 5.66. The van der Waals surface area contributed by atoms with Gasteiger partial charge in [-0.3, -0.25) is 14.5 Å². The Hall–Kier alpha value is -1.66. The summed E-state index contributed by atoms with van der Waals surface area (Å²) in [6.07, 6.45) is 2.44. The minimum atomic E-state index is -0.226. The third-order valence-corrected chi connectivity index (χ3v) is 4.80. The topological polar surface area (TPSA) is 59.6 Å². The normalized spacial score (nSPS) is 22.0. The van der Waals surface area contributed by atoms with Gasteiger partial charge in [-0.15, -0.1) is 0 Å². The van der Waals surface area contributed by atoms with Crippen LogP contribution in [-0.2, 0) is 0 Å². The fourth-order valence-corrected chi connectivity index (χ4v) is 3.39. The molecule has 120 valence electrons. The first kappa shape index (κ1) is 15.2. The van der Waals surface area contributed by atoms with E-state index in [9.17, 15) is 9.59 Å². The van der Waals surface area contributed by atoms with Crippen LogP contribution >= 0.6 is 0 Å². The highest BCUT2D eigenvalue weighted by Crippen LogP contribution is 2.17. The predicted molar refractivity (Wildman–Crippen MR) is 85.1 cm³/mol. The fourth-order valence-electron chi connectivity index (χ4n) is 3.39. The average Bonchev–Trinajstić information content (AvgIpc) is 2.55. The van der Waals surface area contributed by atoms with Crippen LogP contribution in [0.4, 0.5) is 0 Å². The minimum absolute atomic E-state index is 0.0688. The largest absolute Gasteiger partial charge is 0.335 e. The highest BCUT2D eigenvalue weighted by atomic mass is 16.2. The number of carbonyl (C=O) groups excluding carboxylic acids is 1. The van der Waals surface area contributed by atoms with Crippen molar-refractivity contribution in [2.45, 2.75) is 18.9 Å². The van der Waals surface area contributed by atoms with Crippen molar-refractivity contribution in [1.82, 2.24) is 19.7 Å². The van der Waals surface area contributed by atoms with E-state index in [0.29, 0.717) is 11.7 Å². The lowest BCUT2D eigenvalue weighted by Crippen LogP contribution is -2.54. The van der Waals surface area contributed by atoms with E-state index in [1.165, 1.54) is 18.9 Å². The lowest BCUT2D eigenvalue weighted by Gasteiger charge is -2.42. The van der Waals surface area contributed by atoms with E-state index in [-0.39, 0.29) is 11.5 Å². The van der Waals surface area contributed by atoms with Gasteiger partial charge in [-0.2, -0.15) is 0 Å². The molecule has 3 rings (SSSR count). The van der Waals surface area contributed by atoms with Crippen molar-refractivity contribution in [2.75, 3.05) is 46.3 Å². The van der Waals surface area contributed by atoms with Gasteiger partial charge in [0.25, 0.3) is 5.91 Å². The zero-order valence-corrected chi connectivity index (χ0v) is 13.1. The summed E-state index contributed by atoms with van der Waals surface area (Å²) >= 11 is 0. The zero-order valence-electron chi connectivity index (χ0n) is 13.1. The molecule has 1 aromatic heterocycles. The Kier molecular flexibility index (Phi) is 4.59. The van der Waals surface area contributed by atoms with Gasteiger partial charge < -0.3 is 14.8 Å². The van der Waals surface area contributed by atoms with Crippen molar-refractivity contribution in [3.05, 3.63) is 34.2 Å². The number of pyridine rings is 1. The molecule has 0 aromatic carbocycles. The van der Waals surface area contributed by atoms with Crippen LogP contribution < -0.4 is 5.56 Å². The number of aromatic nitrogens is 1. The molecule has 1 amide bonds. The SMILES string of the molecule is CN1CCC(N2CCN(C(=O)c3cccc(=O)[nH]3)CC2)CC1. The first-order valence-corrected chi connectivity index (χ1v) is 8.05. The second kappa shape index (κ2) is 6.62. The van der Waals surface area contributed by atoms with Crippen molar-refractivity contribution in [3.63, 3.8) is 0 Å². The van der Waals surface area contributed by atoms with E-state index in [1.54, 1.807) is 12.1 Å². The molecular weight excluding hydrogens is 280 g/mol. The standard InChI is InChI=1S/C16H24N4O2/c1-18-7-5-13(6-8-18)19-9-11-20(12-10-19)16(22)14-3-2-4-15(21)17-14/h2-4,13H,5-12H2,1H3,(H,17,21). The van der Waals surface area contributed by atoms with E-state index in [0.717, 1.165) is 39.3 Å². The third-order valence-electron chi connectivity index (χ3n) is 4.80. The zero-order chi connectivity index (χ0) is 15.5. The Morgan fingerprint density at radius 3 is 2.41 bits per heavy atom. The van der Waals surface area contributed by atoms with Crippen LogP contribution in [0.2, 0.25) is 0 Å². The molecular formula is C16H24N4O2. The Morgan fingerprint density at radius 2 is 1.77 bits per heavy atom. The van der Waals surface area contributed by atoms with Gasteiger partial charge in [0.2, 0.25) is 5.56 Å². The molecule has 0 spiro atoms. The highest BCUT2D eigenvalue weighted by Gasteiger charge is 2.28. The highest BCUT2D eigenvalue weighted by molar-refractivity contribution is 5.92. The lowest BCUT2D eigenvalue weighted by molar-refractivity contribution is 0.0470. The summed E-state index contributed by atoms with van der Waals surface area (Å²) < 4.78 is 0. The second-order valence-electron chi connectivity index (χ2n) is 6.29. The van der Waals surface area contributed by atoms with Gasteiger partial charge in [0.05, 0.1) is 0 Å². The average molecular weight is 304 g/mol. The maximum absolute atomic E-state index is 12.4. The van der Waals surface area contributed by atoms with Gasteiger partial charge in [-0.05, 0) is 39.0 Å². The number of likely N-dealkylation sites (tertiary alicyclic amines) is 1. The number of hydrogen-bond acceptors (Lipinski definition) is 4. The molecule has 0 atom stereocenters. The Morgan fingerprint density at radius 1 is 1.09 bits per heavy atom. The van der Waals surface area contributed by atoms with Gasteiger partial charge in [-0.1, -0.05) is 6.07 Å². The quantitative estimate of drug-likeness (QED) is 0.849. The number of nitrogens with zero attached hydrogens (tertiary/aromatic N) is 3. The first-order valence-electron chi connectivity index (χ1n) is 8.05. The summed E-state index contributed by atoms with van der Waals surface area (Å²) in [7, 11) is 2.17. The minimum Gasteiger partial charge on any atom is -0.335 e.